The summed E-state index contributed by atoms with van der Waals surface area (Å²) in [6, 6.07) is 2.90. The fourth-order valence-corrected chi connectivity index (χ4v) is 1.88. The summed E-state index contributed by atoms with van der Waals surface area (Å²) in [6.07, 6.45) is 2.29. The molecule has 0 aliphatic carbocycles. The number of halogens is 2. The summed E-state index contributed by atoms with van der Waals surface area (Å²) in [6.45, 7) is 0.593. The van der Waals surface area contributed by atoms with Gasteiger partial charge in [-0.3, -0.25) is 4.68 Å². The van der Waals surface area contributed by atoms with Gasteiger partial charge in [0.15, 0.2) is 5.82 Å². The number of aryl methyl sites for hydroxylation is 1. The van der Waals surface area contributed by atoms with Gasteiger partial charge in [-0.1, -0.05) is 0 Å². The van der Waals surface area contributed by atoms with Crippen molar-refractivity contribution in [2.45, 2.75) is 6.42 Å². The second-order valence-corrected chi connectivity index (χ2v) is 4.72. The lowest BCUT2D eigenvalue weighted by Gasteiger charge is -2.09. The second kappa shape index (κ2) is 5.34. The van der Waals surface area contributed by atoms with Gasteiger partial charge >= 0.3 is 0 Å². The molecule has 96 valence electrons. The van der Waals surface area contributed by atoms with Crippen LogP contribution in [0.4, 0.5) is 15.8 Å². The minimum atomic E-state index is -0.345. The Morgan fingerprint density at radius 2 is 2.28 bits per heavy atom. The normalized spacial score (nSPS) is 10.6. The summed E-state index contributed by atoms with van der Waals surface area (Å²) in [7, 11) is 1.81. The zero-order chi connectivity index (χ0) is 13.1. The van der Waals surface area contributed by atoms with Crippen LogP contribution in [0.25, 0.3) is 0 Å². The summed E-state index contributed by atoms with van der Waals surface area (Å²) < 4.78 is 15.3. The number of hydrogen-bond donors (Lipinski definition) is 2. The van der Waals surface area contributed by atoms with Gasteiger partial charge in [-0.15, -0.1) is 0 Å². The smallest absolute Gasteiger partial charge is 0.152 e. The molecule has 1 heterocycles. The third-order valence-corrected chi connectivity index (χ3v) is 3.01. The lowest BCUT2D eigenvalue weighted by Crippen LogP contribution is -2.08. The summed E-state index contributed by atoms with van der Waals surface area (Å²) in [5.74, 6) is 0.392. The fourth-order valence-electron chi connectivity index (χ4n) is 1.52. The van der Waals surface area contributed by atoms with Crippen molar-refractivity contribution < 1.29 is 4.39 Å². The topological polar surface area (TPSA) is 68.8 Å². The Hall–Kier alpha value is -1.63. The molecule has 2 rings (SSSR count). The van der Waals surface area contributed by atoms with Crippen molar-refractivity contribution in [1.29, 1.82) is 0 Å². The standard InChI is InChI=1S/C11H13BrFN5/c1-18-6-16-11(17-18)2-3-15-10-5-8(13)7(12)4-9(10)14/h4-6,15H,2-3,14H2,1H3. The molecular weight excluding hydrogens is 301 g/mol. The molecule has 1 aromatic heterocycles. The molecule has 0 bridgehead atoms. The maximum Gasteiger partial charge on any atom is 0.152 e. The maximum absolute atomic E-state index is 13.3. The molecule has 0 fully saturated rings. The number of rotatable bonds is 4. The average molecular weight is 314 g/mol. The largest absolute Gasteiger partial charge is 0.397 e. The van der Waals surface area contributed by atoms with Crippen LogP contribution in [0, 0.1) is 5.82 Å². The van der Waals surface area contributed by atoms with Gasteiger partial charge in [-0.25, -0.2) is 9.37 Å². The van der Waals surface area contributed by atoms with Gasteiger partial charge < -0.3 is 11.1 Å². The van der Waals surface area contributed by atoms with Crippen molar-refractivity contribution >= 4 is 27.3 Å². The number of nitrogens with one attached hydrogen (secondary N) is 1. The van der Waals surface area contributed by atoms with Crippen molar-refractivity contribution in [2.75, 3.05) is 17.6 Å². The number of benzene rings is 1. The van der Waals surface area contributed by atoms with E-state index in [0.717, 1.165) is 5.82 Å². The van der Waals surface area contributed by atoms with Gasteiger partial charge in [0.2, 0.25) is 0 Å². The summed E-state index contributed by atoms with van der Waals surface area (Å²) in [4.78, 5) is 4.10. The summed E-state index contributed by atoms with van der Waals surface area (Å²) in [5, 5.41) is 7.21. The van der Waals surface area contributed by atoms with Crippen LogP contribution >= 0.6 is 15.9 Å². The number of anilines is 2. The highest BCUT2D eigenvalue weighted by molar-refractivity contribution is 9.10. The van der Waals surface area contributed by atoms with Gasteiger partial charge in [0, 0.05) is 26.1 Å². The van der Waals surface area contributed by atoms with Crippen LogP contribution in [-0.2, 0) is 13.5 Å². The van der Waals surface area contributed by atoms with E-state index >= 15 is 0 Å². The highest BCUT2D eigenvalue weighted by atomic mass is 79.9. The Morgan fingerprint density at radius 3 is 2.94 bits per heavy atom. The molecule has 0 spiro atoms. The number of nitrogens with zero attached hydrogens (tertiary/aromatic N) is 3. The molecule has 0 saturated heterocycles. The zero-order valence-corrected chi connectivity index (χ0v) is 11.4. The van der Waals surface area contributed by atoms with E-state index in [1.54, 1.807) is 11.0 Å². The lowest BCUT2D eigenvalue weighted by molar-refractivity contribution is 0.622. The Labute approximate surface area is 112 Å². The number of nitrogens with two attached hydrogens (primary N) is 1. The van der Waals surface area contributed by atoms with Gasteiger partial charge in [0.1, 0.15) is 12.1 Å². The molecule has 0 aliphatic rings. The van der Waals surface area contributed by atoms with Crippen LogP contribution in [0.1, 0.15) is 5.82 Å². The highest BCUT2D eigenvalue weighted by Gasteiger charge is 2.06. The van der Waals surface area contributed by atoms with Gasteiger partial charge in [0.05, 0.1) is 15.8 Å². The maximum atomic E-state index is 13.3. The molecule has 5 nitrogen and oxygen atoms in total. The van der Waals surface area contributed by atoms with Crippen molar-refractivity contribution in [2.24, 2.45) is 7.05 Å². The molecule has 0 atom stereocenters. The quantitative estimate of drug-likeness (QED) is 0.847. The molecule has 0 saturated carbocycles. The molecule has 2 aromatic rings. The number of nitrogen functional groups attached to an aromatic ring is 1. The minimum Gasteiger partial charge on any atom is -0.397 e. The van der Waals surface area contributed by atoms with Crippen LogP contribution in [-0.4, -0.2) is 21.3 Å². The molecule has 0 aliphatic heterocycles. The monoisotopic (exact) mass is 313 g/mol. The first kappa shape index (κ1) is 12.8. The Balaban J connectivity index is 1.96. The van der Waals surface area contributed by atoms with E-state index in [0.29, 0.717) is 28.8 Å². The van der Waals surface area contributed by atoms with Gasteiger partial charge in [-0.05, 0) is 22.0 Å². The summed E-state index contributed by atoms with van der Waals surface area (Å²) >= 11 is 3.08. The first-order valence-corrected chi connectivity index (χ1v) is 6.18. The van der Waals surface area contributed by atoms with E-state index in [-0.39, 0.29) is 5.82 Å². The molecule has 0 radical (unpaired) electrons. The lowest BCUT2D eigenvalue weighted by atomic mass is 10.2. The second-order valence-electron chi connectivity index (χ2n) is 3.86. The third-order valence-electron chi connectivity index (χ3n) is 2.40. The van der Waals surface area contributed by atoms with Crippen LogP contribution in [0.3, 0.4) is 0 Å². The number of aromatic nitrogens is 3. The molecule has 0 unspecified atom stereocenters. The van der Waals surface area contributed by atoms with E-state index in [9.17, 15) is 4.39 Å². The van der Waals surface area contributed by atoms with E-state index in [1.165, 1.54) is 12.1 Å². The van der Waals surface area contributed by atoms with Crippen molar-refractivity contribution in [3.63, 3.8) is 0 Å². The SMILES string of the molecule is Cn1cnc(CCNc2cc(F)c(Br)cc2N)n1. The Kier molecular flexibility index (Phi) is 3.81. The van der Waals surface area contributed by atoms with Gasteiger partial charge in [0.25, 0.3) is 0 Å². The minimum absolute atomic E-state index is 0.345. The molecule has 1 aromatic carbocycles. The van der Waals surface area contributed by atoms with E-state index in [2.05, 4.69) is 31.3 Å². The van der Waals surface area contributed by atoms with Crippen LogP contribution in [0.2, 0.25) is 0 Å². The molecule has 3 N–H and O–H groups in total. The predicted octanol–water partition coefficient (Wildman–Crippen LogP) is 1.95. The van der Waals surface area contributed by atoms with E-state index in [1.807, 2.05) is 7.05 Å². The number of hydrogen-bond acceptors (Lipinski definition) is 4. The first-order valence-electron chi connectivity index (χ1n) is 5.39. The fraction of sp³-hybridized carbons (Fsp3) is 0.273. The van der Waals surface area contributed by atoms with Crippen LogP contribution in [0.15, 0.2) is 22.9 Å². The predicted molar refractivity (Wildman–Crippen MR) is 71.7 cm³/mol. The zero-order valence-electron chi connectivity index (χ0n) is 9.82. The van der Waals surface area contributed by atoms with Gasteiger partial charge in [-0.2, -0.15) is 5.10 Å². The summed E-state index contributed by atoms with van der Waals surface area (Å²) in [5.41, 5.74) is 6.85. The van der Waals surface area contributed by atoms with Crippen LogP contribution in [0.5, 0.6) is 0 Å². The van der Waals surface area contributed by atoms with E-state index < -0.39 is 0 Å². The highest BCUT2D eigenvalue weighted by Crippen LogP contribution is 2.26. The Morgan fingerprint density at radius 1 is 1.50 bits per heavy atom. The molecule has 0 amide bonds. The average Bonchev–Trinajstić information content (AvgIpc) is 2.71. The third kappa shape index (κ3) is 2.98. The molecular formula is C11H13BrFN5. The Bertz CT molecular complexity index is 554. The van der Waals surface area contributed by atoms with E-state index in [4.69, 9.17) is 5.73 Å². The van der Waals surface area contributed by atoms with Crippen LogP contribution < -0.4 is 11.1 Å². The van der Waals surface area contributed by atoms with Crippen molar-refractivity contribution in [1.82, 2.24) is 14.8 Å². The molecule has 18 heavy (non-hydrogen) atoms. The van der Waals surface area contributed by atoms with Crippen molar-refractivity contribution in [3.05, 3.63) is 34.6 Å². The molecule has 7 heteroatoms. The first-order chi connectivity index (χ1) is 8.56. The van der Waals surface area contributed by atoms with Crippen molar-refractivity contribution in [3.8, 4) is 0 Å².